The lowest BCUT2D eigenvalue weighted by atomic mass is 9.89. The summed E-state index contributed by atoms with van der Waals surface area (Å²) in [5.74, 6) is -1.71. The molecule has 1 aromatic heterocycles. The maximum absolute atomic E-state index is 13.2. The lowest BCUT2D eigenvalue weighted by Crippen LogP contribution is -2.49. The molecule has 2 amide bonds. The van der Waals surface area contributed by atoms with E-state index in [2.05, 4.69) is 46.2 Å². The Balaban J connectivity index is 1.40. The van der Waals surface area contributed by atoms with E-state index in [4.69, 9.17) is 0 Å². The van der Waals surface area contributed by atoms with E-state index in [1.54, 1.807) is 31.3 Å². The Morgan fingerprint density at radius 2 is 1.71 bits per heavy atom. The number of fused-ring (bicyclic) bond motifs is 2. The molecule has 230 valence electrons. The number of anilines is 1. The first-order chi connectivity index (χ1) is 21.5. The summed E-state index contributed by atoms with van der Waals surface area (Å²) in [6.07, 6.45) is 9.04. The molecule has 0 atom stereocenters. The second-order valence-corrected chi connectivity index (χ2v) is 16.5. The lowest BCUT2D eigenvalue weighted by molar-refractivity contribution is -0.116. The number of carboxylic acid groups (broad SMARTS) is 1. The Morgan fingerprint density at radius 1 is 0.978 bits per heavy atom. The maximum atomic E-state index is 13.2. The van der Waals surface area contributed by atoms with E-state index in [0.717, 1.165) is 50.2 Å². The van der Waals surface area contributed by atoms with Crippen LogP contribution in [0.5, 0.6) is 5.75 Å². The molecule has 0 radical (unpaired) electrons. The average Bonchev–Trinajstić information content (AvgIpc) is 3.48. The second kappa shape index (κ2) is 12.9. The van der Waals surface area contributed by atoms with Crippen LogP contribution in [-0.2, 0) is 4.79 Å². The summed E-state index contributed by atoms with van der Waals surface area (Å²) in [5, 5.41) is 30.7. The van der Waals surface area contributed by atoms with Gasteiger partial charge in [-0.2, -0.15) is 0 Å². The Hall–Kier alpha value is -5.00. The van der Waals surface area contributed by atoms with E-state index in [-0.39, 0.29) is 34.5 Å². The van der Waals surface area contributed by atoms with Crippen molar-refractivity contribution in [2.45, 2.75) is 13.1 Å². The van der Waals surface area contributed by atoms with Crippen LogP contribution in [0.15, 0.2) is 88.6 Å². The number of amides is 2. The predicted molar refractivity (Wildman–Crippen MR) is 183 cm³/mol. The number of hydrogen-bond acceptors (Lipinski definition) is 7. The second-order valence-electron chi connectivity index (χ2n) is 11.1. The van der Waals surface area contributed by atoms with Gasteiger partial charge in [0.15, 0.2) is 0 Å². The molecule has 1 aliphatic heterocycles. The summed E-state index contributed by atoms with van der Waals surface area (Å²) in [6, 6.07) is 14.3. The maximum Gasteiger partial charge on any atom is 0.346 e. The molecule has 1 aliphatic carbocycles. The van der Waals surface area contributed by atoms with E-state index in [9.17, 15) is 24.6 Å². The Morgan fingerprint density at radius 3 is 2.40 bits per heavy atom. The number of phenols is 1. The van der Waals surface area contributed by atoms with Gasteiger partial charge in [-0.1, -0.05) is 37.4 Å². The molecule has 0 saturated carbocycles. The quantitative estimate of drug-likeness (QED) is 0.132. The number of nitrogens with zero attached hydrogens (tertiary/aromatic N) is 1. The number of aromatic hydroxyl groups is 1. The highest BCUT2D eigenvalue weighted by atomic mass is 32.1. The van der Waals surface area contributed by atoms with Crippen LogP contribution >= 0.6 is 11.3 Å². The first-order valence-electron chi connectivity index (χ1n) is 14.4. The highest BCUT2D eigenvalue weighted by Crippen LogP contribution is 2.44. The van der Waals surface area contributed by atoms with E-state index >= 15 is 0 Å². The van der Waals surface area contributed by atoms with Gasteiger partial charge in [0, 0.05) is 44.5 Å². The summed E-state index contributed by atoms with van der Waals surface area (Å²) < 4.78 is 0. The van der Waals surface area contributed by atoms with Gasteiger partial charge in [-0.25, -0.2) is 4.79 Å². The number of rotatable bonds is 9. The number of carbonyl (C=O) groups is 3. The van der Waals surface area contributed by atoms with Crippen LogP contribution in [0.3, 0.4) is 0 Å². The number of carboxylic acids is 1. The standard InChI is InChI=1S/C34H34N4O5SSi/c1-35-21-8-12-24-28(17-21)45(3,4)29-18-22(36-2)9-13-25(29)31(24)26-19-27(44-32(26)34(42)43)33(41)38-16-15-37-30(40)14-7-20-5-10-23(39)11-6-20/h5-14,17-19,35,39H,15-16H2,1-4H3,(H,37,40)(H,38,41)(H,42,43)/b14-7+,36-22?. The van der Waals surface area contributed by atoms with Gasteiger partial charge < -0.3 is 26.2 Å². The van der Waals surface area contributed by atoms with Crippen LogP contribution in [0.25, 0.3) is 11.6 Å². The van der Waals surface area contributed by atoms with Crippen molar-refractivity contribution in [3.63, 3.8) is 0 Å². The Kier molecular flexibility index (Phi) is 9.03. The number of phenolic OH excluding ortho intramolecular Hbond substituents is 1. The largest absolute Gasteiger partial charge is 0.508 e. The van der Waals surface area contributed by atoms with Gasteiger partial charge in [0.25, 0.3) is 5.91 Å². The minimum absolute atomic E-state index is 0.0862. The molecule has 0 spiro atoms. The van der Waals surface area contributed by atoms with Gasteiger partial charge in [0.2, 0.25) is 5.91 Å². The third kappa shape index (κ3) is 6.45. The molecule has 45 heavy (non-hydrogen) atoms. The molecule has 5 N–H and O–H groups in total. The molecule has 2 heterocycles. The van der Waals surface area contributed by atoms with Crippen LogP contribution in [-0.4, -0.2) is 69.0 Å². The average molecular weight is 639 g/mol. The fraction of sp³-hybridized carbons (Fsp3) is 0.176. The van der Waals surface area contributed by atoms with Crippen molar-refractivity contribution in [3.8, 4) is 5.75 Å². The smallest absolute Gasteiger partial charge is 0.346 e. The molecule has 2 aliphatic rings. The molecule has 0 fully saturated rings. The summed E-state index contributed by atoms with van der Waals surface area (Å²) in [7, 11) is 1.41. The summed E-state index contributed by atoms with van der Waals surface area (Å²) in [4.78, 5) is 42.7. The van der Waals surface area contributed by atoms with Crippen molar-refractivity contribution < 1.29 is 24.6 Å². The molecule has 3 aromatic rings. The Labute approximate surface area is 266 Å². The lowest BCUT2D eigenvalue weighted by Gasteiger charge is -2.38. The van der Waals surface area contributed by atoms with Crippen LogP contribution in [0, 0.1) is 0 Å². The first-order valence-corrected chi connectivity index (χ1v) is 18.2. The van der Waals surface area contributed by atoms with Gasteiger partial charge in [-0.3, -0.25) is 14.6 Å². The molecular formula is C34H34N4O5SSi. The third-order valence-electron chi connectivity index (χ3n) is 7.90. The number of hydrogen-bond donors (Lipinski definition) is 5. The van der Waals surface area contributed by atoms with Crippen molar-refractivity contribution in [3.05, 3.63) is 110 Å². The normalized spacial score (nSPS) is 15.8. The van der Waals surface area contributed by atoms with Crippen molar-refractivity contribution in [2.75, 3.05) is 32.5 Å². The zero-order chi connectivity index (χ0) is 32.3. The molecule has 9 nitrogen and oxygen atoms in total. The van der Waals surface area contributed by atoms with Crippen LogP contribution in [0.2, 0.25) is 13.1 Å². The van der Waals surface area contributed by atoms with E-state index in [1.165, 1.54) is 23.4 Å². The SMILES string of the molecule is CN=C1C=CC2=C(c3cc(C(=O)NCCNC(=O)/C=C/c4ccc(O)cc4)sc3C(=O)O)c3ccc(NC)cc3[Si](C)(C)C2=C1. The summed E-state index contributed by atoms with van der Waals surface area (Å²) >= 11 is 0.937. The summed E-state index contributed by atoms with van der Waals surface area (Å²) in [5.41, 5.74) is 5.80. The number of thiophene rings is 1. The van der Waals surface area contributed by atoms with Gasteiger partial charge in [0.05, 0.1) is 10.6 Å². The van der Waals surface area contributed by atoms with E-state index in [0.29, 0.717) is 5.56 Å². The molecule has 0 unspecified atom stereocenters. The summed E-state index contributed by atoms with van der Waals surface area (Å²) in [6.45, 7) is 4.91. The number of nitrogens with one attached hydrogen (secondary N) is 3. The minimum Gasteiger partial charge on any atom is -0.508 e. The third-order valence-corrected chi connectivity index (χ3v) is 12.5. The minimum atomic E-state index is -2.21. The molecule has 0 saturated heterocycles. The molecule has 5 rings (SSSR count). The van der Waals surface area contributed by atoms with Crippen molar-refractivity contribution in [1.82, 2.24) is 10.6 Å². The van der Waals surface area contributed by atoms with Gasteiger partial charge in [-0.05, 0) is 81.2 Å². The van der Waals surface area contributed by atoms with Gasteiger partial charge in [0.1, 0.15) is 18.7 Å². The number of aromatic carboxylic acids is 1. The number of allylic oxidation sites excluding steroid dienone is 5. The van der Waals surface area contributed by atoms with E-state index in [1.807, 2.05) is 31.3 Å². The zero-order valence-corrected chi connectivity index (χ0v) is 27.2. The van der Waals surface area contributed by atoms with Gasteiger partial charge >= 0.3 is 5.97 Å². The molecule has 11 heteroatoms. The van der Waals surface area contributed by atoms with Crippen LogP contribution in [0.4, 0.5) is 5.69 Å². The first kappa shape index (κ1) is 31.4. The monoisotopic (exact) mass is 638 g/mol. The van der Waals surface area contributed by atoms with E-state index < -0.39 is 20.0 Å². The highest BCUT2D eigenvalue weighted by molar-refractivity contribution is 7.16. The van der Waals surface area contributed by atoms with Crippen molar-refractivity contribution >= 4 is 65.4 Å². The fourth-order valence-corrected chi connectivity index (χ4v) is 9.53. The zero-order valence-electron chi connectivity index (χ0n) is 25.4. The van der Waals surface area contributed by atoms with Crippen molar-refractivity contribution in [1.29, 1.82) is 0 Å². The fourth-order valence-electron chi connectivity index (χ4n) is 5.53. The molecule has 2 aromatic carbocycles. The Bertz CT molecular complexity index is 1850. The number of benzene rings is 2. The molecule has 0 bridgehead atoms. The number of aliphatic imine (C=N–C) groups is 1. The van der Waals surface area contributed by atoms with Crippen molar-refractivity contribution in [2.24, 2.45) is 4.99 Å². The topological polar surface area (TPSA) is 140 Å². The van der Waals surface area contributed by atoms with Gasteiger partial charge in [-0.15, -0.1) is 11.3 Å². The predicted octanol–water partition coefficient (Wildman–Crippen LogP) is 4.59. The van der Waals surface area contributed by atoms with Crippen LogP contribution < -0.4 is 21.1 Å². The van der Waals surface area contributed by atoms with Crippen LogP contribution in [0.1, 0.15) is 36.0 Å². The highest BCUT2D eigenvalue weighted by Gasteiger charge is 2.40. The molecular weight excluding hydrogens is 605 g/mol. The number of carbonyl (C=O) groups excluding carboxylic acids is 2.